The molecule has 0 spiro atoms. The molecule has 20 nitrogen and oxygen atoms in total. The molecule has 0 heterocycles. The van der Waals surface area contributed by atoms with Gasteiger partial charge in [0.05, 0.1) is 36.3 Å². The minimum atomic E-state index is -4.06. The van der Waals surface area contributed by atoms with Gasteiger partial charge in [0.1, 0.15) is 9.79 Å². The van der Waals surface area contributed by atoms with E-state index in [4.69, 9.17) is 10.2 Å². The number of carbonyl (C=O) groups is 6. The summed E-state index contributed by atoms with van der Waals surface area (Å²) in [7, 11) is -8.12. The fourth-order valence-corrected chi connectivity index (χ4v) is 14.4. The number of amides is 6. The molecule has 8 aromatic rings. The Balaban J connectivity index is 0.000000229. The van der Waals surface area contributed by atoms with E-state index in [0.717, 1.165) is 66.3 Å². The average Bonchev–Trinajstić information content (AvgIpc) is 0.812. The maximum Gasteiger partial charge on any atom is 0.320 e. The number of carboxylic acids is 2. The van der Waals surface area contributed by atoms with Crippen molar-refractivity contribution in [1.82, 2.24) is 21.3 Å². The van der Waals surface area contributed by atoms with Crippen molar-refractivity contribution in [2.24, 2.45) is 0 Å². The summed E-state index contributed by atoms with van der Waals surface area (Å²) in [5.74, 6) is -2.32. The van der Waals surface area contributed by atoms with Crippen molar-refractivity contribution < 1.29 is 55.8 Å². The van der Waals surface area contributed by atoms with E-state index >= 15 is 0 Å². The summed E-state index contributed by atoms with van der Waals surface area (Å²) in [5, 5.41) is 34.4. The smallest absolute Gasteiger partial charge is 0.320 e. The quantitative estimate of drug-likeness (QED) is 0.0255. The third-order valence-electron chi connectivity index (χ3n) is 17.0. The van der Waals surface area contributed by atoms with Crippen LogP contribution in [0.25, 0.3) is 5.57 Å². The number of nitrogens with one attached hydrogen (secondary N) is 8. The molecule has 0 aromatic heterocycles. The first kappa shape index (κ1) is 71.7. The molecule has 0 radical (unpaired) electrons. The van der Waals surface area contributed by atoms with Crippen molar-refractivity contribution >= 4 is 84.2 Å². The molecule has 6 amide bonds. The highest BCUT2D eigenvalue weighted by Gasteiger charge is 2.27. The number of allylic oxidation sites excluding steroid dienone is 2. The number of carboxylic acid groups (broad SMARTS) is 2. The lowest BCUT2D eigenvalue weighted by Gasteiger charge is -2.24. The number of carbonyl (C=O) groups excluding carboxylic acids is 4. The van der Waals surface area contributed by atoms with Gasteiger partial charge in [-0.3, -0.25) is 28.6 Å². The summed E-state index contributed by atoms with van der Waals surface area (Å²) < 4.78 is 59.2. The first-order valence-corrected chi connectivity index (χ1v) is 35.7. The lowest BCUT2D eigenvalue weighted by Crippen LogP contribution is -2.34. The van der Waals surface area contributed by atoms with E-state index in [1.54, 1.807) is 116 Å². The second-order valence-corrected chi connectivity index (χ2v) is 27.6. The van der Waals surface area contributed by atoms with Gasteiger partial charge in [0.25, 0.3) is 31.9 Å². The Morgan fingerprint density at radius 2 is 0.980 bits per heavy atom. The summed E-state index contributed by atoms with van der Waals surface area (Å²) in [5.41, 5.74) is 11.0. The Labute approximate surface area is 572 Å². The van der Waals surface area contributed by atoms with Crippen molar-refractivity contribution in [2.75, 3.05) is 33.2 Å². The van der Waals surface area contributed by atoms with E-state index in [9.17, 15) is 45.6 Å². The van der Waals surface area contributed by atoms with Crippen LogP contribution in [0.5, 0.6) is 0 Å². The number of rotatable bonds is 25. The van der Waals surface area contributed by atoms with Crippen LogP contribution in [0, 0.1) is 13.8 Å². The lowest BCUT2D eigenvalue weighted by molar-refractivity contribution is -0.137. The number of hydrogen-bond acceptors (Lipinski definition) is 10. The Kier molecular flexibility index (Phi) is 24.8. The second-order valence-electron chi connectivity index (χ2n) is 24.3. The van der Waals surface area contributed by atoms with E-state index in [1.165, 1.54) is 55.0 Å². The molecule has 0 aliphatic heterocycles. The average molecular weight is 1360 g/mol. The molecule has 10 rings (SSSR count). The molecule has 0 saturated heterocycles. The predicted molar refractivity (Wildman–Crippen MR) is 381 cm³/mol. The van der Waals surface area contributed by atoms with Crippen molar-refractivity contribution in [2.45, 2.75) is 126 Å². The van der Waals surface area contributed by atoms with E-state index in [1.807, 2.05) is 62.4 Å². The molecule has 2 aliphatic rings. The zero-order valence-corrected chi connectivity index (χ0v) is 56.5. The van der Waals surface area contributed by atoms with E-state index < -0.39 is 67.9 Å². The Hall–Kier alpha value is -10.6. The fraction of sp³-hybridized carbons (Fsp3) is 0.263. The molecular weight excluding hydrogens is 1280 g/mol. The molecule has 0 bridgehead atoms. The minimum absolute atomic E-state index is 0.000886. The Morgan fingerprint density at radius 1 is 0.490 bits per heavy atom. The largest absolute Gasteiger partial charge is 0.481 e. The maximum absolute atomic E-state index is 13.6. The van der Waals surface area contributed by atoms with Gasteiger partial charge in [0, 0.05) is 35.6 Å². The van der Waals surface area contributed by atoms with Gasteiger partial charge in [-0.15, -0.1) is 0 Å². The summed E-state index contributed by atoms with van der Waals surface area (Å²) in [6.45, 7) is 5.63. The van der Waals surface area contributed by atoms with Crippen LogP contribution in [0.3, 0.4) is 0 Å². The number of sulfonamides is 2. The van der Waals surface area contributed by atoms with E-state index in [0.29, 0.717) is 45.1 Å². The van der Waals surface area contributed by atoms with Crippen molar-refractivity contribution in [1.29, 1.82) is 0 Å². The Morgan fingerprint density at radius 3 is 1.50 bits per heavy atom. The molecule has 2 aliphatic carbocycles. The van der Waals surface area contributed by atoms with E-state index in [2.05, 4.69) is 59.6 Å². The fourth-order valence-electron chi connectivity index (χ4n) is 11.9. The number of para-hydroxylation sites is 1. The lowest BCUT2D eigenvalue weighted by atomic mass is 9.83. The maximum atomic E-state index is 13.6. The summed E-state index contributed by atoms with van der Waals surface area (Å²) in [4.78, 5) is 73.9. The molecule has 10 N–H and O–H groups in total. The molecule has 2 unspecified atom stereocenters. The molecule has 22 heteroatoms. The zero-order valence-electron chi connectivity index (χ0n) is 54.9. The zero-order chi connectivity index (χ0) is 69.8. The van der Waals surface area contributed by atoms with Gasteiger partial charge >= 0.3 is 24.0 Å². The van der Waals surface area contributed by atoms with Gasteiger partial charge in [0.2, 0.25) is 0 Å². The third-order valence-corrected chi connectivity index (χ3v) is 19.9. The van der Waals surface area contributed by atoms with Gasteiger partial charge in [0.15, 0.2) is 0 Å². The molecule has 1 saturated carbocycles. The van der Waals surface area contributed by atoms with Crippen molar-refractivity contribution in [3.63, 3.8) is 0 Å². The molecular formula is C76H82N8O12S2. The molecule has 98 heavy (non-hydrogen) atoms. The van der Waals surface area contributed by atoms with Crippen LogP contribution < -0.4 is 41.3 Å². The summed E-state index contributed by atoms with van der Waals surface area (Å²) in [6, 6.07) is 52.1. The number of anilines is 4. The number of aliphatic carboxylic acids is 2. The molecule has 8 aromatic carbocycles. The number of urea groups is 2. The highest BCUT2D eigenvalue weighted by atomic mass is 32.2. The van der Waals surface area contributed by atoms with Crippen molar-refractivity contribution in [3.8, 4) is 0 Å². The van der Waals surface area contributed by atoms with Gasteiger partial charge in [-0.1, -0.05) is 148 Å². The van der Waals surface area contributed by atoms with Crippen LogP contribution in [0.4, 0.5) is 32.3 Å². The second kappa shape index (κ2) is 33.9. The van der Waals surface area contributed by atoms with E-state index in [-0.39, 0.29) is 47.1 Å². The van der Waals surface area contributed by atoms with Crippen LogP contribution in [0.2, 0.25) is 0 Å². The highest BCUT2D eigenvalue weighted by molar-refractivity contribution is 7.93. The first-order chi connectivity index (χ1) is 47.1. The van der Waals surface area contributed by atoms with Crippen LogP contribution in [0.1, 0.15) is 166 Å². The third kappa shape index (κ3) is 20.2. The van der Waals surface area contributed by atoms with Crippen LogP contribution in [-0.2, 0) is 36.1 Å². The van der Waals surface area contributed by atoms with Gasteiger partial charge < -0.3 is 42.1 Å². The molecule has 510 valence electrons. The molecule has 2 atom stereocenters. The number of benzene rings is 8. The molecule has 1 fully saturated rings. The van der Waals surface area contributed by atoms with Gasteiger partial charge in [-0.2, -0.15) is 0 Å². The predicted octanol–water partition coefficient (Wildman–Crippen LogP) is 14.4. The van der Waals surface area contributed by atoms with Crippen molar-refractivity contribution in [3.05, 3.63) is 255 Å². The monoisotopic (exact) mass is 1360 g/mol. The highest BCUT2D eigenvalue weighted by Crippen LogP contribution is 2.35. The summed E-state index contributed by atoms with van der Waals surface area (Å²) in [6.07, 6.45) is 13.0. The topological polar surface area (TPSA) is 307 Å². The standard InChI is InChI=1S/C38H42N4O6S.C38H40N4O6S/c1-25-7-6-10-32(23-25)42-49(47,48)34-24-26(2)11-20-33(34)40-38(46)41-36(29-14-12-28(13-15-29)27-8-4-3-5-9-27)30-16-18-31(19-17-30)37(45)39-22-21-35(43)44;1-2-26-9-8-12-32(25-26)42-49(47,48)34-14-7-6-13-33(34)40-38(46)41-36(29-17-15-28(16-18-29)27-10-4-3-5-11-27)30-19-21-31(22-20-30)37(45)39-24-23-35(43)44/h6-7,10-20,23-24,27,36,42H,3-5,8-9,21-22H2,1-2H3,(H,39,45)(H,43,44)(H2,40,41,46);6-10,12-22,25,36,42H,2-5,11,23-24H2,1H3,(H,39,45)(H,43,44)(H2,40,41,46). The normalized spacial score (nSPS) is 13.7. The van der Waals surface area contributed by atoms with Gasteiger partial charge in [-0.05, 0) is 193 Å². The van der Waals surface area contributed by atoms with Crippen LogP contribution in [-0.4, -0.2) is 76.0 Å². The minimum Gasteiger partial charge on any atom is -0.481 e. The first-order valence-electron chi connectivity index (χ1n) is 32.8. The SMILES string of the molecule is CCc1cccc(NS(=O)(=O)c2ccccc2NC(=O)NC(c2ccc(C(=O)NCCC(=O)O)cc2)c2ccc(C3=CCCCC3)cc2)c1.Cc1cccc(NS(=O)(=O)c2cc(C)ccc2NC(=O)NC(c2ccc(C(=O)NCCC(=O)O)cc2)c2ccc(C3CCCCC3)cc2)c1. The number of aryl methyl sites for hydroxylation is 3. The van der Waals surface area contributed by atoms with Gasteiger partial charge in [-0.25, -0.2) is 26.4 Å². The Bertz CT molecular complexity index is 4410. The van der Waals surface area contributed by atoms with Crippen LogP contribution in [0.15, 0.2) is 204 Å². The van der Waals surface area contributed by atoms with Crippen LogP contribution >= 0.6 is 0 Å². The summed E-state index contributed by atoms with van der Waals surface area (Å²) >= 11 is 0. The number of hydrogen-bond donors (Lipinski definition) is 10.